The summed E-state index contributed by atoms with van der Waals surface area (Å²) < 4.78 is 12.6. The topological polar surface area (TPSA) is 37.4 Å². The van der Waals surface area contributed by atoms with Crippen LogP contribution in [0.3, 0.4) is 0 Å². The molecule has 0 spiro atoms. The molecule has 0 unspecified atom stereocenters. The van der Waals surface area contributed by atoms with Gasteiger partial charge in [0.15, 0.2) is 5.78 Å². The van der Waals surface area contributed by atoms with Crippen molar-refractivity contribution in [3.8, 4) is 0 Å². The van der Waals surface area contributed by atoms with Crippen molar-refractivity contribution in [2.75, 3.05) is 18.8 Å². The maximum absolute atomic E-state index is 12.6. The molecule has 16 heavy (non-hydrogen) atoms. The molecule has 0 saturated carbocycles. The van der Waals surface area contributed by atoms with Gasteiger partial charge in [-0.05, 0) is 24.3 Å². The van der Waals surface area contributed by atoms with Crippen molar-refractivity contribution in [1.29, 1.82) is 0 Å². The highest BCUT2D eigenvalue weighted by atomic mass is 32.2. The van der Waals surface area contributed by atoms with Crippen LogP contribution in [0.15, 0.2) is 24.3 Å². The molecule has 0 atom stereocenters. The van der Waals surface area contributed by atoms with Gasteiger partial charge >= 0.3 is 0 Å². The summed E-state index contributed by atoms with van der Waals surface area (Å²) >= 11 is 1.22. The molecule has 1 aliphatic rings. The number of halogens is 1. The number of rotatable bonds is 3. The van der Waals surface area contributed by atoms with Crippen LogP contribution in [0.2, 0.25) is 0 Å². The van der Waals surface area contributed by atoms with Crippen molar-refractivity contribution in [2.45, 2.75) is 0 Å². The number of hydrogen-bond donors (Lipinski definition) is 0. The lowest BCUT2D eigenvalue weighted by molar-refractivity contribution is 0.0956. The van der Waals surface area contributed by atoms with E-state index in [1.807, 2.05) is 0 Å². The summed E-state index contributed by atoms with van der Waals surface area (Å²) in [6.07, 6.45) is 0. The zero-order chi connectivity index (χ0) is 11.5. The van der Waals surface area contributed by atoms with E-state index in [9.17, 15) is 14.0 Å². The summed E-state index contributed by atoms with van der Waals surface area (Å²) in [7, 11) is 0. The number of carbonyl (C=O) groups is 2. The number of amides is 1. The van der Waals surface area contributed by atoms with Gasteiger partial charge in [0, 0.05) is 17.9 Å². The van der Waals surface area contributed by atoms with Crippen LogP contribution in [-0.4, -0.2) is 34.8 Å². The molecule has 0 aliphatic carbocycles. The molecule has 3 nitrogen and oxygen atoms in total. The van der Waals surface area contributed by atoms with Crippen LogP contribution < -0.4 is 0 Å². The molecule has 1 heterocycles. The summed E-state index contributed by atoms with van der Waals surface area (Å²) in [6.45, 7) is 0.688. The molecule has 1 aromatic rings. The summed E-state index contributed by atoms with van der Waals surface area (Å²) in [6, 6.07) is 5.36. The quantitative estimate of drug-likeness (QED) is 0.759. The fourth-order valence-corrected chi connectivity index (χ4v) is 2.29. The number of thioether (sulfide) groups is 1. The van der Waals surface area contributed by atoms with Crippen LogP contribution in [0, 0.1) is 5.82 Å². The number of Topliss-reactive ketones (excluding diaryl/α,β-unsaturated/α-hetero) is 1. The maximum atomic E-state index is 12.6. The van der Waals surface area contributed by atoms with Gasteiger partial charge in [-0.1, -0.05) is 11.8 Å². The molecule has 1 amide bonds. The smallest absolute Gasteiger partial charge is 0.282 e. The Balaban J connectivity index is 2.02. The number of ketones is 1. The highest BCUT2D eigenvalue weighted by Gasteiger charge is 2.23. The second kappa shape index (κ2) is 4.65. The molecule has 1 fully saturated rings. The summed E-state index contributed by atoms with van der Waals surface area (Å²) in [5.74, 6) is 0.204. The van der Waals surface area contributed by atoms with Crippen molar-refractivity contribution < 1.29 is 14.0 Å². The number of nitrogens with zero attached hydrogens (tertiary/aromatic N) is 1. The van der Waals surface area contributed by atoms with Gasteiger partial charge in [-0.2, -0.15) is 0 Å². The highest BCUT2D eigenvalue weighted by molar-refractivity contribution is 8.13. The Labute approximate surface area is 96.6 Å². The first-order valence-electron chi connectivity index (χ1n) is 4.87. The Hall–Kier alpha value is -1.36. The van der Waals surface area contributed by atoms with Gasteiger partial charge in [0.25, 0.3) is 5.24 Å². The van der Waals surface area contributed by atoms with Crippen molar-refractivity contribution in [2.24, 2.45) is 0 Å². The summed E-state index contributed by atoms with van der Waals surface area (Å²) in [5, 5.41) is -0.0598. The molecule has 84 valence electrons. The lowest BCUT2D eigenvalue weighted by Gasteiger charge is -2.12. The SMILES string of the molecule is O=C(CN1CCSC1=O)c1ccc(F)cc1. The average Bonchev–Trinajstić information content (AvgIpc) is 2.65. The van der Waals surface area contributed by atoms with Gasteiger partial charge in [-0.25, -0.2) is 4.39 Å². The molecule has 0 aromatic heterocycles. The van der Waals surface area contributed by atoms with Crippen molar-refractivity contribution >= 4 is 22.8 Å². The van der Waals surface area contributed by atoms with E-state index < -0.39 is 0 Å². The Bertz CT molecular complexity index is 418. The third-order valence-corrected chi connectivity index (χ3v) is 3.24. The third kappa shape index (κ3) is 2.41. The van der Waals surface area contributed by atoms with E-state index in [0.717, 1.165) is 5.75 Å². The Morgan fingerprint density at radius 2 is 2.06 bits per heavy atom. The van der Waals surface area contributed by atoms with E-state index in [1.165, 1.54) is 40.9 Å². The standard InChI is InChI=1S/C11H10FNO2S/c12-9-3-1-8(2-4-9)10(14)7-13-5-6-16-11(13)15/h1-4H,5-7H2. The second-order valence-electron chi connectivity index (χ2n) is 3.47. The van der Waals surface area contributed by atoms with Crippen LogP contribution in [-0.2, 0) is 0 Å². The molecular formula is C11H10FNO2S. The van der Waals surface area contributed by atoms with E-state index >= 15 is 0 Å². The molecule has 2 rings (SSSR count). The lowest BCUT2D eigenvalue weighted by Crippen LogP contribution is -2.29. The molecular weight excluding hydrogens is 229 g/mol. The third-order valence-electron chi connectivity index (χ3n) is 2.35. The van der Waals surface area contributed by atoms with Crippen LogP contribution in [0.25, 0.3) is 0 Å². The highest BCUT2D eigenvalue weighted by Crippen LogP contribution is 2.17. The zero-order valence-electron chi connectivity index (χ0n) is 8.48. The minimum atomic E-state index is -0.371. The minimum Gasteiger partial charge on any atom is -0.325 e. The Kier molecular flexibility index (Phi) is 3.24. The van der Waals surface area contributed by atoms with E-state index in [4.69, 9.17) is 0 Å². The minimum absolute atomic E-state index is 0.0598. The molecule has 5 heteroatoms. The van der Waals surface area contributed by atoms with Crippen molar-refractivity contribution in [3.63, 3.8) is 0 Å². The molecule has 0 bridgehead atoms. The van der Waals surface area contributed by atoms with Gasteiger partial charge in [0.2, 0.25) is 0 Å². The molecule has 1 aliphatic heterocycles. The molecule has 1 saturated heterocycles. The van der Waals surface area contributed by atoms with Gasteiger partial charge in [0.05, 0.1) is 6.54 Å². The first-order valence-corrected chi connectivity index (χ1v) is 5.86. The number of benzene rings is 1. The fourth-order valence-electron chi connectivity index (χ4n) is 1.47. The van der Waals surface area contributed by atoms with E-state index in [1.54, 1.807) is 0 Å². The maximum Gasteiger partial charge on any atom is 0.282 e. The summed E-state index contributed by atoms with van der Waals surface area (Å²) in [4.78, 5) is 24.5. The van der Waals surface area contributed by atoms with Crippen LogP contribution in [0.4, 0.5) is 9.18 Å². The average molecular weight is 239 g/mol. The van der Waals surface area contributed by atoms with Crippen molar-refractivity contribution in [3.05, 3.63) is 35.6 Å². The van der Waals surface area contributed by atoms with Gasteiger partial charge in [0.1, 0.15) is 5.82 Å². The molecule has 0 radical (unpaired) electrons. The van der Waals surface area contributed by atoms with Crippen LogP contribution in [0.5, 0.6) is 0 Å². The second-order valence-corrected chi connectivity index (χ2v) is 4.51. The van der Waals surface area contributed by atoms with Gasteiger partial charge < -0.3 is 4.90 Å². The lowest BCUT2D eigenvalue weighted by atomic mass is 10.1. The van der Waals surface area contributed by atoms with Crippen LogP contribution >= 0.6 is 11.8 Å². The molecule has 0 N–H and O–H groups in total. The van der Waals surface area contributed by atoms with E-state index in [0.29, 0.717) is 12.1 Å². The predicted molar refractivity (Wildman–Crippen MR) is 60.2 cm³/mol. The first-order chi connectivity index (χ1) is 7.66. The van der Waals surface area contributed by atoms with E-state index in [-0.39, 0.29) is 23.4 Å². The first kappa shape index (κ1) is 11.1. The number of carbonyl (C=O) groups excluding carboxylic acids is 2. The zero-order valence-corrected chi connectivity index (χ0v) is 9.30. The van der Waals surface area contributed by atoms with Gasteiger partial charge in [-0.15, -0.1) is 0 Å². The fraction of sp³-hybridized carbons (Fsp3) is 0.273. The van der Waals surface area contributed by atoms with Crippen LogP contribution in [0.1, 0.15) is 10.4 Å². The number of hydrogen-bond acceptors (Lipinski definition) is 3. The summed E-state index contributed by atoms with van der Waals surface area (Å²) in [5.41, 5.74) is 0.436. The predicted octanol–water partition coefficient (Wildman–Crippen LogP) is 2.18. The normalized spacial score (nSPS) is 15.6. The van der Waals surface area contributed by atoms with Crippen molar-refractivity contribution in [1.82, 2.24) is 4.90 Å². The Morgan fingerprint density at radius 1 is 1.38 bits per heavy atom. The Morgan fingerprint density at radius 3 is 2.62 bits per heavy atom. The monoisotopic (exact) mass is 239 g/mol. The molecule has 1 aromatic carbocycles. The largest absolute Gasteiger partial charge is 0.325 e. The van der Waals surface area contributed by atoms with E-state index in [2.05, 4.69) is 0 Å². The van der Waals surface area contributed by atoms with Gasteiger partial charge in [-0.3, -0.25) is 9.59 Å².